The molecule has 2 aliphatic heterocycles. The lowest BCUT2D eigenvalue weighted by atomic mass is 9.73. The number of aliphatic hydroxyl groups is 1. The number of anilines is 1. The fourth-order valence-electron chi connectivity index (χ4n) is 5.83. The SMILES string of the molecule is N#CCCCn1c(CN2C(=O)C3(CCN(C(=O)C(O)(C(F)(F)F)C(F)(F)F)CC3)c3ccncc32)nc2cc(Cl)ccc21. The van der Waals surface area contributed by atoms with Crippen LogP contribution in [0, 0.1) is 11.3 Å². The molecule has 0 bridgehead atoms. The van der Waals surface area contributed by atoms with E-state index in [1.165, 1.54) is 17.3 Å². The van der Waals surface area contributed by atoms with Gasteiger partial charge in [0, 0.05) is 37.3 Å². The van der Waals surface area contributed by atoms with Crippen LogP contribution in [0.1, 0.15) is 37.1 Å². The van der Waals surface area contributed by atoms with Crippen LogP contribution in [0.3, 0.4) is 0 Å². The minimum absolute atomic E-state index is 0.0529. The van der Waals surface area contributed by atoms with E-state index in [2.05, 4.69) is 16.0 Å². The number of pyridine rings is 1. The summed E-state index contributed by atoms with van der Waals surface area (Å²) in [5.41, 5.74) is -4.80. The minimum atomic E-state index is -6.31. The first-order chi connectivity index (χ1) is 20.2. The highest BCUT2D eigenvalue weighted by Crippen LogP contribution is 2.50. The van der Waals surface area contributed by atoms with Crippen LogP contribution in [-0.4, -0.2) is 67.4 Å². The van der Waals surface area contributed by atoms with Gasteiger partial charge in [0.1, 0.15) is 5.82 Å². The van der Waals surface area contributed by atoms with Crippen molar-refractivity contribution in [3.8, 4) is 6.07 Å². The number of nitrogens with zero attached hydrogens (tertiary/aromatic N) is 6. The summed E-state index contributed by atoms with van der Waals surface area (Å²) in [5.74, 6) is -2.55. The summed E-state index contributed by atoms with van der Waals surface area (Å²) in [6.45, 7) is -0.922. The van der Waals surface area contributed by atoms with Gasteiger partial charge < -0.3 is 19.5 Å². The number of imidazole rings is 1. The van der Waals surface area contributed by atoms with Gasteiger partial charge >= 0.3 is 18.0 Å². The molecule has 43 heavy (non-hydrogen) atoms. The maximum atomic E-state index is 14.1. The first-order valence-electron chi connectivity index (χ1n) is 13.1. The van der Waals surface area contributed by atoms with E-state index in [0.717, 1.165) is 5.52 Å². The maximum Gasteiger partial charge on any atom is 0.435 e. The Morgan fingerprint density at radius 3 is 2.42 bits per heavy atom. The second kappa shape index (κ2) is 10.7. The van der Waals surface area contributed by atoms with Crippen LogP contribution >= 0.6 is 11.6 Å². The number of nitriles is 1. The van der Waals surface area contributed by atoms with E-state index in [9.17, 15) is 41.0 Å². The number of halogens is 7. The van der Waals surface area contributed by atoms with Gasteiger partial charge in [-0.1, -0.05) is 11.6 Å². The van der Waals surface area contributed by atoms with Crippen LogP contribution in [0.5, 0.6) is 0 Å². The first-order valence-corrected chi connectivity index (χ1v) is 13.5. The zero-order valence-electron chi connectivity index (χ0n) is 22.2. The van der Waals surface area contributed by atoms with Crippen molar-refractivity contribution >= 4 is 40.1 Å². The molecule has 0 unspecified atom stereocenters. The highest BCUT2D eigenvalue weighted by atomic mass is 35.5. The van der Waals surface area contributed by atoms with Crippen molar-refractivity contribution in [1.82, 2.24) is 19.4 Å². The number of piperidine rings is 1. The van der Waals surface area contributed by atoms with Crippen molar-refractivity contribution in [2.45, 2.75) is 62.1 Å². The monoisotopic (exact) mass is 628 g/mol. The molecular weight excluding hydrogens is 606 g/mol. The van der Waals surface area contributed by atoms with Gasteiger partial charge in [-0.3, -0.25) is 14.6 Å². The third-order valence-electron chi connectivity index (χ3n) is 8.05. The molecule has 0 aliphatic carbocycles. The summed E-state index contributed by atoms with van der Waals surface area (Å²) >= 11 is 6.14. The number of alkyl halides is 6. The Kier molecular flexibility index (Phi) is 7.58. The lowest BCUT2D eigenvalue weighted by Crippen LogP contribution is -2.67. The van der Waals surface area contributed by atoms with Crippen LogP contribution in [-0.2, 0) is 28.1 Å². The number of carbonyl (C=O) groups excluding carboxylic acids is 2. The van der Waals surface area contributed by atoms with Crippen molar-refractivity contribution in [1.29, 1.82) is 5.26 Å². The second-order valence-corrected chi connectivity index (χ2v) is 10.9. The van der Waals surface area contributed by atoms with E-state index in [-0.39, 0.29) is 25.8 Å². The highest BCUT2D eigenvalue weighted by molar-refractivity contribution is 6.31. The first kappa shape index (κ1) is 30.6. The summed E-state index contributed by atoms with van der Waals surface area (Å²) in [6, 6.07) is 8.73. The van der Waals surface area contributed by atoms with Crippen molar-refractivity contribution in [2.24, 2.45) is 0 Å². The minimum Gasteiger partial charge on any atom is -0.366 e. The number of likely N-dealkylation sites (tertiary alicyclic amines) is 1. The predicted octanol–water partition coefficient (Wildman–Crippen LogP) is 4.65. The molecule has 228 valence electrons. The van der Waals surface area contributed by atoms with Crippen molar-refractivity contribution in [2.75, 3.05) is 18.0 Å². The summed E-state index contributed by atoms with van der Waals surface area (Å²) in [4.78, 5) is 37.0. The standard InChI is InChI=1S/C27H23ClF6N6O3/c28-16-3-4-19-18(13-16)37-21(39(19)10-2-1-8-35)15-40-20-14-36-9-5-17(20)24(22(40)41)6-11-38(12-7-24)23(42)25(43,26(29,30)31)27(32,33)34/h3-5,9,13-14,43H,1-2,6-7,10-12,15H2. The number of hydrogen-bond acceptors (Lipinski definition) is 6. The lowest BCUT2D eigenvalue weighted by Gasteiger charge is -2.42. The van der Waals surface area contributed by atoms with Gasteiger partial charge in [-0.25, -0.2) is 4.98 Å². The number of unbranched alkanes of at least 4 members (excludes halogenated alkanes) is 1. The van der Waals surface area contributed by atoms with Gasteiger partial charge in [-0.05, 0) is 49.1 Å². The molecule has 0 radical (unpaired) electrons. The average Bonchev–Trinajstić information content (AvgIpc) is 3.39. The number of hydrogen-bond donors (Lipinski definition) is 1. The number of aryl methyl sites for hydroxylation is 1. The second-order valence-electron chi connectivity index (χ2n) is 10.4. The van der Waals surface area contributed by atoms with Gasteiger partial charge in [0.25, 0.3) is 5.91 Å². The van der Waals surface area contributed by atoms with E-state index >= 15 is 0 Å². The molecule has 1 N–H and O–H groups in total. The molecule has 0 atom stereocenters. The third-order valence-corrected chi connectivity index (χ3v) is 8.29. The Bertz CT molecular complexity index is 1610. The van der Waals surface area contributed by atoms with Crippen LogP contribution in [0.25, 0.3) is 11.0 Å². The van der Waals surface area contributed by atoms with E-state index in [4.69, 9.17) is 16.9 Å². The van der Waals surface area contributed by atoms with Crippen molar-refractivity contribution in [3.05, 3.63) is 53.1 Å². The number of amides is 2. The third kappa shape index (κ3) is 4.86. The Morgan fingerprint density at radius 1 is 1.12 bits per heavy atom. The normalized spacial score (nSPS) is 17.0. The summed E-state index contributed by atoms with van der Waals surface area (Å²) in [6.07, 6.45) is -9.56. The van der Waals surface area contributed by atoms with Gasteiger partial charge in [0.15, 0.2) is 0 Å². The molecule has 5 rings (SSSR count). The van der Waals surface area contributed by atoms with Crippen LogP contribution in [0.4, 0.5) is 32.0 Å². The summed E-state index contributed by atoms with van der Waals surface area (Å²) < 4.78 is 81.8. The van der Waals surface area contributed by atoms with Gasteiger partial charge in [-0.15, -0.1) is 0 Å². The van der Waals surface area contributed by atoms with Crippen LogP contribution in [0.2, 0.25) is 5.02 Å². The molecule has 0 saturated carbocycles. The fraction of sp³-hybridized carbons (Fsp3) is 0.444. The maximum absolute atomic E-state index is 14.1. The smallest absolute Gasteiger partial charge is 0.366 e. The number of fused-ring (bicyclic) bond motifs is 3. The largest absolute Gasteiger partial charge is 0.435 e. The summed E-state index contributed by atoms with van der Waals surface area (Å²) in [7, 11) is 0. The van der Waals surface area contributed by atoms with E-state index < -0.39 is 48.3 Å². The molecule has 2 aromatic heterocycles. The molecular formula is C27H23ClF6N6O3. The Balaban J connectivity index is 1.45. The Morgan fingerprint density at radius 2 is 1.79 bits per heavy atom. The van der Waals surface area contributed by atoms with Gasteiger partial charge in [0.05, 0.1) is 40.9 Å². The Hall–Kier alpha value is -3.90. The zero-order chi connectivity index (χ0) is 31.4. The lowest BCUT2D eigenvalue weighted by molar-refractivity contribution is -0.353. The molecule has 1 saturated heterocycles. The van der Waals surface area contributed by atoms with Gasteiger partial charge in [-0.2, -0.15) is 31.6 Å². The van der Waals surface area contributed by atoms with Gasteiger partial charge in [0.2, 0.25) is 5.91 Å². The van der Waals surface area contributed by atoms with Crippen molar-refractivity contribution < 1.29 is 41.0 Å². The van der Waals surface area contributed by atoms with Crippen LogP contribution < -0.4 is 4.90 Å². The molecule has 2 aliphatic rings. The number of carbonyl (C=O) groups is 2. The van der Waals surface area contributed by atoms with E-state index in [0.29, 0.717) is 45.5 Å². The quantitative estimate of drug-likeness (QED) is 0.314. The predicted molar refractivity (Wildman–Crippen MR) is 140 cm³/mol. The molecule has 4 heterocycles. The molecule has 2 amide bonds. The molecule has 16 heteroatoms. The zero-order valence-corrected chi connectivity index (χ0v) is 23.0. The van der Waals surface area contributed by atoms with Crippen molar-refractivity contribution in [3.63, 3.8) is 0 Å². The Labute approximate surface area is 245 Å². The topological polar surface area (TPSA) is 115 Å². The summed E-state index contributed by atoms with van der Waals surface area (Å²) in [5, 5.41) is 19.0. The highest BCUT2D eigenvalue weighted by Gasteiger charge is 2.76. The molecule has 1 spiro atoms. The van der Waals surface area contributed by atoms with Crippen LogP contribution in [0.15, 0.2) is 36.7 Å². The fourth-order valence-corrected chi connectivity index (χ4v) is 6.00. The molecule has 9 nitrogen and oxygen atoms in total. The number of rotatable bonds is 6. The van der Waals surface area contributed by atoms with E-state index in [1.807, 2.05) is 4.57 Å². The molecule has 1 aromatic carbocycles. The van der Waals surface area contributed by atoms with E-state index in [1.54, 1.807) is 24.3 Å². The average molecular weight is 629 g/mol. The molecule has 3 aromatic rings. The molecule has 1 fully saturated rings. The number of benzene rings is 1. The number of aromatic nitrogens is 3.